The molecule has 0 aliphatic carbocycles. The van der Waals surface area contributed by atoms with Gasteiger partial charge in [0.1, 0.15) is 0 Å². The Balaban J connectivity index is 2.32. The molecule has 0 radical (unpaired) electrons. The van der Waals surface area contributed by atoms with Gasteiger partial charge >= 0.3 is 0 Å². The molecule has 0 saturated carbocycles. The van der Waals surface area contributed by atoms with Crippen LogP contribution in [0, 0.1) is 0 Å². The lowest BCUT2D eigenvalue weighted by atomic mass is 10.0. The van der Waals surface area contributed by atoms with Crippen LogP contribution in [0.4, 0.5) is 11.4 Å². The Morgan fingerprint density at radius 3 is 1.42 bits per heavy atom. The highest BCUT2D eigenvalue weighted by atomic mass is 33.1. The van der Waals surface area contributed by atoms with Gasteiger partial charge in [0, 0.05) is 32.3 Å². The number of hydrogen-bond donors (Lipinski definition) is 2. The fourth-order valence-corrected chi connectivity index (χ4v) is 4.93. The molecule has 0 atom stereocenters. The molecule has 138 valence electrons. The molecule has 0 amide bonds. The van der Waals surface area contributed by atoms with Crippen molar-refractivity contribution in [3.8, 4) is 0 Å². The first-order valence-corrected chi connectivity index (χ1v) is 10.1. The zero-order chi connectivity index (χ0) is 19.4. The van der Waals surface area contributed by atoms with Crippen LogP contribution < -0.4 is 21.7 Å². The summed E-state index contributed by atoms with van der Waals surface area (Å²) in [5, 5.41) is 22.4. The van der Waals surface area contributed by atoms with Gasteiger partial charge in [-0.2, -0.15) is 0 Å². The van der Waals surface area contributed by atoms with Crippen LogP contribution in [0.3, 0.4) is 0 Å². The molecule has 0 fully saturated rings. The SMILES string of the molecule is CCc1c(C(=O)[O-])ccc(SSc2ccc(C(=O)[O-])c(CC)c2N)c1N. The smallest absolute Gasteiger partial charge is 0.0718 e. The number of anilines is 2. The topological polar surface area (TPSA) is 132 Å². The molecular weight excluding hydrogens is 372 g/mol. The van der Waals surface area contributed by atoms with Crippen molar-refractivity contribution in [1.29, 1.82) is 0 Å². The van der Waals surface area contributed by atoms with Crippen LogP contribution in [-0.4, -0.2) is 11.9 Å². The van der Waals surface area contributed by atoms with Crippen molar-refractivity contribution in [2.75, 3.05) is 11.5 Å². The van der Waals surface area contributed by atoms with E-state index in [9.17, 15) is 19.8 Å². The van der Waals surface area contributed by atoms with Gasteiger partial charge in [0.2, 0.25) is 0 Å². The third kappa shape index (κ3) is 3.91. The molecule has 6 nitrogen and oxygen atoms in total. The second kappa shape index (κ2) is 8.37. The van der Waals surface area contributed by atoms with E-state index in [0.29, 0.717) is 45.1 Å². The third-order valence-corrected chi connectivity index (χ3v) is 6.48. The third-order valence-electron chi connectivity index (χ3n) is 4.00. The molecule has 0 bridgehead atoms. The summed E-state index contributed by atoms with van der Waals surface area (Å²) in [5.41, 5.74) is 14.3. The number of nitrogens with two attached hydrogens (primary N) is 2. The van der Waals surface area contributed by atoms with Gasteiger partial charge in [0.25, 0.3) is 0 Å². The van der Waals surface area contributed by atoms with E-state index in [1.54, 1.807) is 12.1 Å². The second-order valence-corrected chi connectivity index (χ2v) is 7.67. The van der Waals surface area contributed by atoms with Crippen molar-refractivity contribution in [2.24, 2.45) is 0 Å². The number of carboxylic acid groups (broad SMARTS) is 2. The molecule has 26 heavy (non-hydrogen) atoms. The fraction of sp³-hybridized carbons (Fsp3) is 0.222. The maximum atomic E-state index is 11.2. The number of carboxylic acids is 2. The Morgan fingerprint density at radius 2 is 1.15 bits per heavy atom. The highest BCUT2D eigenvalue weighted by molar-refractivity contribution is 8.76. The molecule has 8 heteroatoms. The number of aromatic carboxylic acids is 2. The number of hydrogen-bond acceptors (Lipinski definition) is 8. The Morgan fingerprint density at radius 1 is 0.808 bits per heavy atom. The van der Waals surface area contributed by atoms with Gasteiger partial charge in [-0.3, -0.25) is 0 Å². The molecule has 2 aromatic rings. The number of nitrogen functional groups attached to an aromatic ring is 2. The zero-order valence-electron chi connectivity index (χ0n) is 14.3. The van der Waals surface area contributed by atoms with Crippen molar-refractivity contribution in [3.63, 3.8) is 0 Å². The Labute approximate surface area is 159 Å². The first-order chi connectivity index (χ1) is 12.3. The van der Waals surface area contributed by atoms with E-state index in [1.165, 1.54) is 33.7 Å². The molecular formula is C18H18N2O4S2-2. The maximum Gasteiger partial charge on any atom is 0.0718 e. The van der Waals surface area contributed by atoms with E-state index in [4.69, 9.17) is 11.5 Å². The first-order valence-electron chi connectivity index (χ1n) is 7.91. The standard InChI is InChI=1S/C18H20N2O4S2/c1-3-9-11(17(21)22)5-7-13(15(9)19)25-26-14-8-6-12(18(23)24)10(4-2)16(14)20/h5-8H,3-4,19-20H2,1-2H3,(H,21,22)(H,23,24)/p-2. The summed E-state index contributed by atoms with van der Waals surface area (Å²) in [5.74, 6) is -2.51. The molecule has 0 aliphatic rings. The Bertz CT molecular complexity index is 797. The van der Waals surface area contributed by atoms with Gasteiger partial charge < -0.3 is 31.3 Å². The molecule has 0 saturated heterocycles. The largest absolute Gasteiger partial charge is 0.545 e. The van der Waals surface area contributed by atoms with E-state index >= 15 is 0 Å². The summed E-state index contributed by atoms with van der Waals surface area (Å²) in [6.45, 7) is 3.65. The summed E-state index contributed by atoms with van der Waals surface area (Å²) in [6, 6.07) is 6.22. The van der Waals surface area contributed by atoms with E-state index in [2.05, 4.69) is 0 Å². The van der Waals surface area contributed by atoms with Gasteiger partial charge in [0.05, 0.1) is 11.9 Å². The molecule has 0 heterocycles. The van der Waals surface area contributed by atoms with Crippen LogP contribution in [0.15, 0.2) is 34.1 Å². The number of carbonyl (C=O) groups is 2. The van der Waals surface area contributed by atoms with Gasteiger partial charge in [-0.05, 0) is 36.1 Å². The molecule has 0 aliphatic heterocycles. The minimum atomic E-state index is -1.26. The van der Waals surface area contributed by atoms with Crippen molar-refractivity contribution in [2.45, 2.75) is 36.5 Å². The predicted octanol–water partition coefficient (Wildman–Crippen LogP) is 1.50. The van der Waals surface area contributed by atoms with Crippen molar-refractivity contribution in [3.05, 3.63) is 46.5 Å². The Kier molecular flexibility index (Phi) is 6.44. The highest BCUT2D eigenvalue weighted by Gasteiger charge is 2.14. The minimum absolute atomic E-state index is 0.0884. The van der Waals surface area contributed by atoms with Crippen LogP contribution in [0.2, 0.25) is 0 Å². The lowest BCUT2D eigenvalue weighted by Crippen LogP contribution is -2.24. The zero-order valence-corrected chi connectivity index (χ0v) is 16.0. The molecule has 0 unspecified atom stereocenters. The van der Waals surface area contributed by atoms with Crippen molar-refractivity contribution in [1.82, 2.24) is 0 Å². The molecule has 0 spiro atoms. The van der Waals surface area contributed by atoms with E-state index in [1.807, 2.05) is 13.8 Å². The van der Waals surface area contributed by atoms with E-state index < -0.39 is 11.9 Å². The van der Waals surface area contributed by atoms with Crippen molar-refractivity contribution < 1.29 is 19.8 Å². The first kappa shape index (κ1) is 20.0. The lowest BCUT2D eigenvalue weighted by molar-refractivity contribution is -0.256. The van der Waals surface area contributed by atoms with E-state index in [-0.39, 0.29) is 11.1 Å². The van der Waals surface area contributed by atoms with Crippen molar-refractivity contribution >= 4 is 44.9 Å². The fourth-order valence-electron chi connectivity index (χ4n) is 2.67. The summed E-state index contributed by atoms with van der Waals surface area (Å²) in [6.07, 6.45) is 0.938. The van der Waals surface area contributed by atoms with Gasteiger partial charge in [-0.15, -0.1) is 0 Å². The monoisotopic (exact) mass is 390 g/mol. The molecule has 2 aromatic carbocycles. The van der Waals surface area contributed by atoms with Crippen LogP contribution in [0.1, 0.15) is 45.7 Å². The van der Waals surface area contributed by atoms with Crippen LogP contribution in [-0.2, 0) is 12.8 Å². The summed E-state index contributed by atoms with van der Waals surface area (Å²) in [7, 11) is 2.67. The quantitative estimate of drug-likeness (QED) is 0.537. The normalized spacial score (nSPS) is 10.7. The summed E-state index contributed by atoms with van der Waals surface area (Å²) in [4.78, 5) is 23.8. The molecule has 4 N–H and O–H groups in total. The number of benzene rings is 2. The predicted molar refractivity (Wildman–Crippen MR) is 101 cm³/mol. The summed E-state index contributed by atoms with van der Waals surface area (Å²) >= 11 is 0. The second-order valence-electron chi connectivity index (χ2n) is 5.46. The minimum Gasteiger partial charge on any atom is -0.545 e. The summed E-state index contributed by atoms with van der Waals surface area (Å²) < 4.78 is 0. The van der Waals surface area contributed by atoms with Gasteiger partial charge in [0.15, 0.2) is 0 Å². The highest BCUT2D eigenvalue weighted by Crippen LogP contribution is 2.44. The van der Waals surface area contributed by atoms with Crippen LogP contribution >= 0.6 is 21.6 Å². The molecule has 0 aromatic heterocycles. The Hall–Kier alpha value is -2.32. The number of rotatable bonds is 7. The maximum absolute atomic E-state index is 11.2. The average molecular weight is 390 g/mol. The average Bonchev–Trinajstić information content (AvgIpc) is 2.60. The van der Waals surface area contributed by atoms with Crippen LogP contribution in [0.25, 0.3) is 0 Å². The van der Waals surface area contributed by atoms with E-state index in [0.717, 1.165) is 0 Å². The van der Waals surface area contributed by atoms with Gasteiger partial charge in [-0.1, -0.05) is 47.6 Å². The number of carbonyl (C=O) groups excluding carboxylic acids is 2. The lowest BCUT2D eigenvalue weighted by Gasteiger charge is -2.17. The molecule has 2 rings (SSSR count). The van der Waals surface area contributed by atoms with Gasteiger partial charge in [-0.25, -0.2) is 0 Å². The van der Waals surface area contributed by atoms with Crippen LogP contribution in [0.5, 0.6) is 0 Å².